The number of carbonyl (C=O) groups excluding carboxylic acids is 1. The highest BCUT2D eigenvalue weighted by Gasteiger charge is 2.33. The summed E-state index contributed by atoms with van der Waals surface area (Å²) in [5, 5.41) is 3.04. The van der Waals surface area contributed by atoms with Gasteiger partial charge in [-0.05, 0) is 60.7 Å². The van der Waals surface area contributed by atoms with E-state index in [4.69, 9.17) is 0 Å². The molecular weight excluding hydrogens is 444 g/mol. The molecule has 0 fully saturated rings. The Labute approximate surface area is 184 Å². The van der Waals surface area contributed by atoms with Crippen molar-refractivity contribution in [3.05, 3.63) is 85.5 Å². The highest BCUT2D eigenvalue weighted by molar-refractivity contribution is 9.10. The van der Waals surface area contributed by atoms with Crippen LogP contribution in [-0.2, 0) is 17.6 Å². The zero-order valence-electron chi connectivity index (χ0n) is 16.7. The molecule has 5 heteroatoms. The zero-order valence-corrected chi connectivity index (χ0v) is 19.1. The third kappa shape index (κ3) is 4.32. The molecule has 1 amide bonds. The van der Waals surface area contributed by atoms with E-state index >= 15 is 0 Å². The fourth-order valence-corrected chi connectivity index (χ4v) is 5.97. The molecule has 1 unspecified atom stereocenters. The van der Waals surface area contributed by atoms with Crippen molar-refractivity contribution in [3.63, 3.8) is 0 Å². The van der Waals surface area contributed by atoms with Crippen LogP contribution in [0.1, 0.15) is 39.4 Å². The number of fused-ring (bicyclic) bond motifs is 1. The summed E-state index contributed by atoms with van der Waals surface area (Å²) in [6, 6.07) is 18.4. The van der Waals surface area contributed by atoms with Crippen LogP contribution in [0.15, 0.2) is 59.1 Å². The summed E-state index contributed by atoms with van der Waals surface area (Å²) < 4.78 is 1.00. The molecule has 0 spiro atoms. The lowest BCUT2D eigenvalue weighted by Gasteiger charge is -2.36. The molecule has 0 radical (unpaired) electrons. The number of amides is 1. The summed E-state index contributed by atoms with van der Waals surface area (Å²) in [6.45, 7) is 5.75. The van der Waals surface area contributed by atoms with Crippen LogP contribution in [0.3, 0.4) is 0 Å². The second kappa shape index (κ2) is 8.82. The highest BCUT2D eigenvalue weighted by atomic mass is 79.9. The van der Waals surface area contributed by atoms with Gasteiger partial charge < -0.3 is 5.32 Å². The van der Waals surface area contributed by atoms with Crippen LogP contribution in [0, 0.1) is 6.92 Å². The number of hydrogen-bond donors (Lipinski definition) is 1. The molecule has 0 saturated carbocycles. The zero-order chi connectivity index (χ0) is 20.4. The van der Waals surface area contributed by atoms with Crippen molar-refractivity contribution < 1.29 is 4.79 Å². The van der Waals surface area contributed by atoms with E-state index < -0.39 is 0 Å². The lowest BCUT2D eigenvalue weighted by Crippen LogP contribution is -2.40. The van der Waals surface area contributed by atoms with Gasteiger partial charge in [-0.2, -0.15) is 0 Å². The van der Waals surface area contributed by atoms with E-state index in [-0.39, 0.29) is 11.9 Å². The average Bonchev–Trinajstić information content (AvgIpc) is 3.05. The van der Waals surface area contributed by atoms with Crippen molar-refractivity contribution >= 4 is 38.9 Å². The Morgan fingerprint density at radius 2 is 1.90 bits per heavy atom. The third-order valence-corrected chi connectivity index (χ3v) is 7.33. The Kier molecular flexibility index (Phi) is 6.18. The molecule has 3 aromatic rings. The normalized spacial score (nSPS) is 16.4. The fraction of sp³-hybridized carbons (Fsp3) is 0.292. The maximum absolute atomic E-state index is 12.8. The number of nitrogens with one attached hydrogen (secondary N) is 1. The first-order valence-corrected chi connectivity index (χ1v) is 11.6. The number of halogens is 1. The number of aryl methyl sites for hydroxylation is 1. The van der Waals surface area contributed by atoms with Crippen molar-refractivity contribution in [1.82, 2.24) is 4.90 Å². The Hall–Kier alpha value is -1.95. The third-order valence-electron chi connectivity index (χ3n) is 5.56. The first-order chi connectivity index (χ1) is 14.1. The lowest BCUT2D eigenvalue weighted by molar-refractivity contribution is -0.117. The van der Waals surface area contributed by atoms with E-state index in [0.717, 1.165) is 29.5 Å². The minimum absolute atomic E-state index is 0.0284. The largest absolute Gasteiger partial charge is 0.325 e. The van der Waals surface area contributed by atoms with Crippen molar-refractivity contribution in [2.45, 2.75) is 32.7 Å². The molecule has 1 aliphatic rings. The second-order valence-corrected chi connectivity index (χ2v) is 9.59. The van der Waals surface area contributed by atoms with Gasteiger partial charge in [0.05, 0.1) is 12.6 Å². The van der Waals surface area contributed by atoms with Gasteiger partial charge in [0.15, 0.2) is 0 Å². The van der Waals surface area contributed by atoms with Gasteiger partial charge in [-0.25, -0.2) is 0 Å². The standard InChI is InChI=1S/C24H25BrN2OS/c1-3-20-16(2)29-24-21(20)13-14-27(23(24)17-7-5-4-6-8-17)15-22(28)26-19-11-9-18(25)10-12-19/h4-12,23H,3,13-15H2,1-2H3,(H,26,28). The minimum atomic E-state index is 0.0284. The smallest absolute Gasteiger partial charge is 0.238 e. The summed E-state index contributed by atoms with van der Waals surface area (Å²) in [5.41, 5.74) is 5.10. The number of rotatable bonds is 5. The van der Waals surface area contributed by atoms with Crippen LogP contribution < -0.4 is 5.32 Å². The summed E-state index contributed by atoms with van der Waals surface area (Å²) in [4.78, 5) is 18.0. The van der Waals surface area contributed by atoms with Crippen molar-refractivity contribution in [2.24, 2.45) is 0 Å². The van der Waals surface area contributed by atoms with E-state index in [1.165, 1.54) is 26.4 Å². The van der Waals surface area contributed by atoms with Gasteiger partial charge in [-0.15, -0.1) is 11.3 Å². The molecule has 150 valence electrons. The lowest BCUT2D eigenvalue weighted by atomic mass is 9.91. The molecule has 0 aliphatic carbocycles. The van der Waals surface area contributed by atoms with E-state index in [0.29, 0.717) is 6.54 Å². The molecule has 0 bridgehead atoms. The Bertz CT molecular complexity index is 998. The Morgan fingerprint density at radius 3 is 2.59 bits per heavy atom. The number of hydrogen-bond acceptors (Lipinski definition) is 3. The van der Waals surface area contributed by atoms with Crippen molar-refractivity contribution in [3.8, 4) is 0 Å². The van der Waals surface area contributed by atoms with Crippen LogP contribution in [-0.4, -0.2) is 23.9 Å². The van der Waals surface area contributed by atoms with Crippen LogP contribution in [0.5, 0.6) is 0 Å². The number of anilines is 1. The fourth-order valence-electron chi connectivity index (χ4n) is 4.24. The molecule has 1 aliphatic heterocycles. The van der Waals surface area contributed by atoms with Crippen LogP contribution >= 0.6 is 27.3 Å². The maximum Gasteiger partial charge on any atom is 0.238 e. The maximum atomic E-state index is 12.8. The molecule has 1 atom stereocenters. The molecule has 2 aromatic carbocycles. The molecule has 29 heavy (non-hydrogen) atoms. The molecule has 1 aromatic heterocycles. The molecule has 2 heterocycles. The van der Waals surface area contributed by atoms with Gasteiger partial charge in [-0.1, -0.05) is 53.2 Å². The minimum Gasteiger partial charge on any atom is -0.325 e. The van der Waals surface area contributed by atoms with E-state index in [1.54, 1.807) is 0 Å². The average molecular weight is 469 g/mol. The predicted molar refractivity (Wildman–Crippen MR) is 125 cm³/mol. The molecule has 4 rings (SSSR count). The predicted octanol–water partition coefficient (Wildman–Crippen LogP) is 5.97. The molecule has 3 nitrogen and oxygen atoms in total. The SMILES string of the molecule is CCc1c(C)sc2c1CCN(CC(=O)Nc1ccc(Br)cc1)C2c1ccccc1. The van der Waals surface area contributed by atoms with Crippen molar-refractivity contribution in [2.75, 3.05) is 18.4 Å². The van der Waals surface area contributed by atoms with E-state index in [1.807, 2.05) is 35.6 Å². The van der Waals surface area contributed by atoms with E-state index in [2.05, 4.69) is 70.3 Å². The van der Waals surface area contributed by atoms with E-state index in [9.17, 15) is 4.79 Å². The van der Waals surface area contributed by atoms with Gasteiger partial charge in [0.1, 0.15) is 0 Å². The van der Waals surface area contributed by atoms with Crippen LogP contribution in [0.2, 0.25) is 0 Å². The first-order valence-electron chi connectivity index (χ1n) is 10.0. The Morgan fingerprint density at radius 1 is 1.17 bits per heavy atom. The number of nitrogens with zero attached hydrogens (tertiary/aromatic N) is 1. The van der Waals surface area contributed by atoms with Crippen molar-refractivity contribution in [1.29, 1.82) is 0 Å². The molecular formula is C24H25BrN2OS. The highest BCUT2D eigenvalue weighted by Crippen LogP contribution is 2.42. The van der Waals surface area contributed by atoms with Gasteiger partial charge in [0.2, 0.25) is 5.91 Å². The van der Waals surface area contributed by atoms with Gasteiger partial charge in [-0.3, -0.25) is 9.69 Å². The topological polar surface area (TPSA) is 32.3 Å². The quantitative estimate of drug-likeness (QED) is 0.500. The van der Waals surface area contributed by atoms with Gasteiger partial charge in [0, 0.05) is 26.5 Å². The molecule has 0 saturated heterocycles. The van der Waals surface area contributed by atoms with Gasteiger partial charge in [0.25, 0.3) is 0 Å². The monoisotopic (exact) mass is 468 g/mol. The summed E-state index contributed by atoms with van der Waals surface area (Å²) >= 11 is 5.34. The summed E-state index contributed by atoms with van der Waals surface area (Å²) in [6.07, 6.45) is 2.08. The number of thiophene rings is 1. The first kappa shape index (κ1) is 20.3. The second-order valence-electron chi connectivity index (χ2n) is 7.42. The summed E-state index contributed by atoms with van der Waals surface area (Å²) in [7, 11) is 0. The van der Waals surface area contributed by atoms with Crippen LogP contribution in [0.4, 0.5) is 5.69 Å². The Balaban J connectivity index is 1.61. The number of carbonyl (C=O) groups is 1. The summed E-state index contributed by atoms with van der Waals surface area (Å²) in [5.74, 6) is 0.0284. The van der Waals surface area contributed by atoms with Crippen LogP contribution in [0.25, 0.3) is 0 Å². The van der Waals surface area contributed by atoms with Gasteiger partial charge >= 0.3 is 0 Å². The number of benzene rings is 2. The molecule has 1 N–H and O–H groups in total.